The van der Waals surface area contributed by atoms with Gasteiger partial charge < -0.3 is 9.30 Å². The predicted molar refractivity (Wildman–Crippen MR) is 220 cm³/mol. The number of rotatable bonds is 8. The molecule has 0 amide bonds. The van der Waals surface area contributed by atoms with Gasteiger partial charge in [0.05, 0.1) is 11.4 Å². The first kappa shape index (κ1) is 39.2. The Labute approximate surface area is 335 Å². The summed E-state index contributed by atoms with van der Waals surface area (Å²) >= 11 is 0. The molecule has 0 radical (unpaired) electrons. The quantitative estimate of drug-likeness (QED) is 0.113. The zero-order chi connectivity index (χ0) is 37.8. The van der Waals surface area contributed by atoms with Crippen LogP contribution < -0.4 is 4.74 Å². The van der Waals surface area contributed by atoms with Crippen LogP contribution in [0.15, 0.2) is 85.1 Å². The van der Waals surface area contributed by atoms with Gasteiger partial charge in [-0.25, -0.2) is 4.98 Å². The second-order valence-corrected chi connectivity index (χ2v) is 17.2. The van der Waals surface area contributed by atoms with Crippen LogP contribution in [0.4, 0.5) is 0 Å². The van der Waals surface area contributed by atoms with E-state index in [2.05, 4.69) is 164 Å². The Balaban J connectivity index is 0.00000497. The van der Waals surface area contributed by atoms with E-state index in [1.54, 1.807) is 0 Å². The van der Waals surface area contributed by atoms with Crippen molar-refractivity contribution in [1.29, 1.82) is 0 Å². The standard InChI is InChI=1S/C48H52N4O.Pd/c1-30(2)19-20-34-26-35(52-46(48(9,10)11)44(45(50-52)47(6,7)8)43-32(4)15-14-16-33(43)5)28-37(27-34)53-36-21-22-39-38-17-12-13-18-40(38)51(41(39)29-36)42-25-31(3)23-24-49-42;/h12-18,21-27,30H,19-20H2,1-11H3;/q-2;+2. The molecule has 0 N–H and O–H groups in total. The van der Waals surface area contributed by atoms with Crippen LogP contribution in [0.25, 0.3) is 44.4 Å². The molecular formula is C48H52N4OPd. The molecule has 0 fully saturated rings. The van der Waals surface area contributed by atoms with Gasteiger partial charge in [-0.05, 0) is 84.6 Å². The van der Waals surface area contributed by atoms with Crippen LogP contribution in [-0.2, 0) is 37.7 Å². The summed E-state index contributed by atoms with van der Waals surface area (Å²) in [6, 6.07) is 35.0. The number of nitrogens with zero attached hydrogens (tertiary/aromatic N) is 4. The van der Waals surface area contributed by atoms with E-state index >= 15 is 0 Å². The molecule has 0 aliphatic carbocycles. The van der Waals surface area contributed by atoms with Gasteiger partial charge in [-0.15, -0.1) is 35.7 Å². The Hall–Kier alpha value is -4.50. The van der Waals surface area contributed by atoms with E-state index in [0.717, 1.165) is 57.4 Å². The van der Waals surface area contributed by atoms with Gasteiger partial charge in [0.25, 0.3) is 0 Å². The number of pyridine rings is 1. The normalized spacial score (nSPS) is 12.1. The van der Waals surface area contributed by atoms with Crippen molar-refractivity contribution in [3.8, 4) is 34.1 Å². The van der Waals surface area contributed by atoms with Crippen LogP contribution in [-0.4, -0.2) is 19.3 Å². The molecule has 3 aromatic heterocycles. The van der Waals surface area contributed by atoms with E-state index in [4.69, 9.17) is 14.8 Å². The van der Waals surface area contributed by atoms with E-state index in [-0.39, 0.29) is 31.3 Å². The third-order valence-corrected chi connectivity index (χ3v) is 10.1. The van der Waals surface area contributed by atoms with Gasteiger partial charge >= 0.3 is 20.4 Å². The van der Waals surface area contributed by atoms with Crippen LogP contribution in [0, 0.1) is 38.8 Å². The SMILES string of the molecule is Cc1ccnc(-n2c3[c-]c(Oc4[c-]c(-n5nc(C(C)(C)C)c(-c6c(C)cccc6C)c5C(C)(C)C)cc(CCC(C)C)c4)ccc3c3ccccc32)c1.[Pd+2]. The Morgan fingerprint density at radius 1 is 0.741 bits per heavy atom. The van der Waals surface area contributed by atoms with Gasteiger partial charge in [0, 0.05) is 39.6 Å². The fourth-order valence-corrected chi connectivity index (χ4v) is 7.54. The molecule has 3 heterocycles. The minimum absolute atomic E-state index is 0. The number of hydrogen-bond acceptors (Lipinski definition) is 3. The molecule has 0 bridgehead atoms. The summed E-state index contributed by atoms with van der Waals surface area (Å²) in [6.45, 7) is 24.7. The largest absolute Gasteiger partial charge is 2.00 e. The van der Waals surface area contributed by atoms with E-state index in [1.807, 2.05) is 18.3 Å². The monoisotopic (exact) mass is 806 g/mol. The van der Waals surface area contributed by atoms with Gasteiger partial charge in [0.1, 0.15) is 5.82 Å². The molecule has 5 nitrogen and oxygen atoms in total. The zero-order valence-electron chi connectivity index (χ0n) is 33.6. The van der Waals surface area contributed by atoms with Crippen LogP contribution in [0.3, 0.4) is 0 Å². The van der Waals surface area contributed by atoms with Gasteiger partial charge in [-0.3, -0.25) is 4.68 Å². The first-order valence-electron chi connectivity index (χ1n) is 18.9. The summed E-state index contributed by atoms with van der Waals surface area (Å²) in [5, 5.41) is 7.75. The number of para-hydroxylation sites is 1. The fraction of sp³-hybridized carbons (Fsp3) is 0.333. The van der Waals surface area contributed by atoms with Crippen molar-refractivity contribution in [3.05, 3.63) is 131 Å². The summed E-state index contributed by atoms with van der Waals surface area (Å²) in [7, 11) is 0. The first-order chi connectivity index (χ1) is 25.1. The minimum Gasteiger partial charge on any atom is -0.509 e. The zero-order valence-corrected chi connectivity index (χ0v) is 35.1. The molecule has 0 atom stereocenters. The molecule has 6 heteroatoms. The number of hydrogen-bond donors (Lipinski definition) is 0. The van der Waals surface area contributed by atoms with Crippen molar-refractivity contribution in [2.75, 3.05) is 0 Å². The van der Waals surface area contributed by atoms with Crippen LogP contribution >= 0.6 is 0 Å². The molecule has 54 heavy (non-hydrogen) atoms. The Kier molecular flexibility index (Phi) is 10.9. The molecular weight excluding hydrogens is 755 g/mol. The van der Waals surface area contributed by atoms with Crippen molar-refractivity contribution in [3.63, 3.8) is 0 Å². The molecule has 7 aromatic rings. The molecule has 7 rings (SSSR count). The predicted octanol–water partition coefficient (Wildman–Crippen LogP) is 12.5. The topological polar surface area (TPSA) is 44.9 Å². The summed E-state index contributed by atoms with van der Waals surface area (Å²) < 4.78 is 11.1. The summed E-state index contributed by atoms with van der Waals surface area (Å²) in [5.41, 5.74) is 12.1. The smallest absolute Gasteiger partial charge is 0.509 e. The average Bonchev–Trinajstić information content (AvgIpc) is 3.65. The van der Waals surface area contributed by atoms with E-state index < -0.39 is 0 Å². The van der Waals surface area contributed by atoms with Crippen molar-refractivity contribution < 1.29 is 25.2 Å². The van der Waals surface area contributed by atoms with Gasteiger partial charge in [-0.1, -0.05) is 104 Å². The minimum atomic E-state index is -0.223. The van der Waals surface area contributed by atoms with E-state index in [9.17, 15) is 0 Å². The average molecular weight is 807 g/mol. The van der Waals surface area contributed by atoms with Crippen molar-refractivity contribution in [2.45, 2.75) is 99.8 Å². The molecule has 0 aliphatic heterocycles. The second kappa shape index (κ2) is 15.0. The van der Waals surface area contributed by atoms with Gasteiger partial charge in [0.15, 0.2) is 0 Å². The van der Waals surface area contributed by atoms with Crippen LogP contribution in [0.1, 0.15) is 95.5 Å². The first-order valence-corrected chi connectivity index (χ1v) is 18.9. The maximum Gasteiger partial charge on any atom is 2.00 e. The van der Waals surface area contributed by atoms with E-state index in [0.29, 0.717) is 17.4 Å². The third kappa shape index (κ3) is 7.57. The van der Waals surface area contributed by atoms with Crippen molar-refractivity contribution >= 4 is 21.8 Å². The number of benzene rings is 4. The van der Waals surface area contributed by atoms with Crippen molar-refractivity contribution in [1.82, 2.24) is 19.3 Å². The van der Waals surface area contributed by atoms with Gasteiger partial charge in [0.2, 0.25) is 0 Å². The molecule has 0 saturated carbocycles. The molecule has 0 spiro atoms. The Morgan fingerprint density at radius 3 is 2.13 bits per heavy atom. The van der Waals surface area contributed by atoms with Crippen molar-refractivity contribution in [2.24, 2.45) is 5.92 Å². The molecule has 4 aromatic carbocycles. The molecule has 280 valence electrons. The van der Waals surface area contributed by atoms with Crippen LogP contribution in [0.5, 0.6) is 11.5 Å². The molecule has 0 saturated heterocycles. The molecule has 0 unspecified atom stereocenters. The fourth-order valence-electron chi connectivity index (χ4n) is 7.54. The Morgan fingerprint density at radius 2 is 1.46 bits per heavy atom. The van der Waals surface area contributed by atoms with Gasteiger partial charge in [-0.2, -0.15) is 16.7 Å². The number of aromatic nitrogens is 4. The second-order valence-electron chi connectivity index (χ2n) is 17.2. The summed E-state index contributed by atoms with van der Waals surface area (Å²) in [4.78, 5) is 4.76. The maximum atomic E-state index is 6.77. The summed E-state index contributed by atoms with van der Waals surface area (Å²) in [6.07, 6.45) is 3.85. The maximum absolute atomic E-state index is 6.77. The van der Waals surface area contributed by atoms with E-state index in [1.165, 1.54) is 33.5 Å². The van der Waals surface area contributed by atoms with Crippen LogP contribution in [0.2, 0.25) is 0 Å². The summed E-state index contributed by atoms with van der Waals surface area (Å²) in [5.74, 6) is 2.70. The number of aryl methyl sites for hydroxylation is 4. The number of ether oxygens (including phenoxy) is 1. The molecule has 0 aliphatic rings. The third-order valence-electron chi connectivity index (χ3n) is 10.1. The number of fused-ring (bicyclic) bond motifs is 3. The Bertz CT molecular complexity index is 2450.